The van der Waals surface area contributed by atoms with Crippen LogP contribution in [-0.2, 0) is 14.1 Å². The first-order valence-corrected chi connectivity index (χ1v) is 9.29. The van der Waals surface area contributed by atoms with Crippen molar-refractivity contribution < 1.29 is 4.39 Å². The molecule has 3 aromatic heterocycles. The maximum Gasteiger partial charge on any atom is 0.229 e. The summed E-state index contributed by atoms with van der Waals surface area (Å²) < 4.78 is 17.6. The highest BCUT2D eigenvalue weighted by atomic mass is 35.5. The third kappa shape index (κ3) is 4.41. The van der Waals surface area contributed by atoms with Gasteiger partial charge in [0.1, 0.15) is 10.8 Å². The van der Waals surface area contributed by atoms with Gasteiger partial charge in [0.2, 0.25) is 5.95 Å². The summed E-state index contributed by atoms with van der Waals surface area (Å²) in [4.78, 5) is 8.54. The quantitative estimate of drug-likeness (QED) is 0.487. The van der Waals surface area contributed by atoms with Gasteiger partial charge in [-0.05, 0) is 36.2 Å². The minimum Gasteiger partial charge on any atom is -0.356 e. The van der Waals surface area contributed by atoms with Gasteiger partial charge in [-0.25, -0.2) is 9.37 Å². The summed E-state index contributed by atoms with van der Waals surface area (Å²) in [6.07, 6.45) is 8.39. The molecule has 2 radical (unpaired) electrons. The van der Waals surface area contributed by atoms with Gasteiger partial charge in [-0.3, -0.25) is 9.36 Å². The fourth-order valence-corrected chi connectivity index (χ4v) is 2.98. The minimum absolute atomic E-state index is 0.303. The van der Waals surface area contributed by atoms with Gasteiger partial charge in [0.05, 0.1) is 30.3 Å². The number of aromatic nitrogens is 6. The Labute approximate surface area is 177 Å². The third-order valence-electron chi connectivity index (χ3n) is 4.26. The molecule has 0 saturated heterocycles. The summed E-state index contributed by atoms with van der Waals surface area (Å²) in [7, 11) is 3.61. The van der Waals surface area contributed by atoms with Gasteiger partial charge in [0.25, 0.3) is 0 Å². The van der Waals surface area contributed by atoms with E-state index in [-0.39, 0.29) is 5.82 Å². The standard InChI is InChI=1S/C20H18ClFN8/c1-12(13-4-14(6-16(22)5-13)15-7-24-29(2)10-15)26-19-18(21)9-23-20(28-19)27-17-8-25-30(3)11-17/h4-11H,1H2,2-3H3,(H2,23,26,27,28). The molecule has 0 amide bonds. The second-order valence-electron chi connectivity index (χ2n) is 6.65. The molecule has 2 N–H and O–H groups in total. The number of hydrogen-bond donors (Lipinski definition) is 2. The first-order chi connectivity index (χ1) is 14.4. The van der Waals surface area contributed by atoms with Crippen molar-refractivity contribution in [1.29, 1.82) is 0 Å². The number of halogens is 2. The molecule has 0 bridgehead atoms. The van der Waals surface area contributed by atoms with Crippen LogP contribution < -0.4 is 10.6 Å². The summed E-state index contributed by atoms with van der Waals surface area (Å²) in [5, 5.41) is 14.6. The fraction of sp³-hybridized carbons (Fsp3) is 0.100. The Morgan fingerprint density at radius 2 is 1.80 bits per heavy atom. The Kier molecular flexibility index (Phi) is 5.37. The molecule has 0 saturated carbocycles. The Bertz CT molecular complexity index is 1190. The van der Waals surface area contributed by atoms with Gasteiger partial charge in [-0.15, -0.1) is 0 Å². The Morgan fingerprint density at radius 3 is 2.50 bits per heavy atom. The number of nitrogens with zero attached hydrogens (tertiary/aromatic N) is 6. The Balaban J connectivity index is 1.57. The van der Waals surface area contributed by atoms with E-state index in [1.165, 1.54) is 18.3 Å². The SMILES string of the molecule is [CH2][C](Nc1nc(Nc2cnn(C)c2)ncc1Cl)c1cc(F)cc(-c2cnn(C)c2)c1. The van der Waals surface area contributed by atoms with Crippen LogP contribution in [0.1, 0.15) is 5.56 Å². The molecule has 3 heterocycles. The third-order valence-corrected chi connectivity index (χ3v) is 4.54. The molecule has 1 aromatic carbocycles. The molecular weight excluding hydrogens is 407 g/mol. The lowest BCUT2D eigenvalue weighted by Gasteiger charge is -2.16. The van der Waals surface area contributed by atoms with E-state index in [4.69, 9.17) is 11.6 Å². The van der Waals surface area contributed by atoms with Gasteiger partial charge in [0.15, 0.2) is 5.82 Å². The summed E-state index contributed by atoms with van der Waals surface area (Å²) in [6, 6.07) is 5.09. The van der Waals surface area contributed by atoms with E-state index in [1.807, 2.05) is 19.3 Å². The van der Waals surface area contributed by atoms with Crippen LogP contribution in [0.5, 0.6) is 0 Å². The highest BCUT2D eigenvalue weighted by molar-refractivity contribution is 6.32. The predicted octanol–water partition coefficient (Wildman–Crippen LogP) is 3.97. The zero-order valence-electron chi connectivity index (χ0n) is 16.3. The molecule has 4 rings (SSSR count). The Morgan fingerprint density at radius 1 is 1.03 bits per heavy atom. The van der Waals surface area contributed by atoms with E-state index >= 15 is 0 Å². The molecule has 152 valence electrons. The van der Waals surface area contributed by atoms with Crippen LogP contribution >= 0.6 is 11.6 Å². The summed E-state index contributed by atoms with van der Waals surface area (Å²) in [6.45, 7) is 4.01. The normalized spacial score (nSPS) is 11.1. The maximum absolute atomic E-state index is 14.2. The number of benzene rings is 1. The average molecular weight is 425 g/mol. The van der Waals surface area contributed by atoms with Crippen LogP contribution in [-0.4, -0.2) is 29.5 Å². The minimum atomic E-state index is -0.387. The zero-order valence-corrected chi connectivity index (χ0v) is 17.0. The summed E-state index contributed by atoms with van der Waals surface area (Å²) in [5.41, 5.74) is 2.78. The topological polar surface area (TPSA) is 85.5 Å². The van der Waals surface area contributed by atoms with Crippen LogP contribution in [0, 0.1) is 18.8 Å². The van der Waals surface area contributed by atoms with Gasteiger partial charge in [-0.2, -0.15) is 15.2 Å². The van der Waals surface area contributed by atoms with Crippen molar-refractivity contribution in [1.82, 2.24) is 29.5 Å². The molecule has 0 fully saturated rings. The predicted molar refractivity (Wildman–Crippen MR) is 113 cm³/mol. The first kappa shape index (κ1) is 19.8. The van der Waals surface area contributed by atoms with E-state index < -0.39 is 0 Å². The molecular formula is C20H18ClFN8. The van der Waals surface area contributed by atoms with Gasteiger partial charge in [0, 0.05) is 32.1 Å². The Hall–Kier alpha value is -3.46. The number of aryl methyl sites for hydroxylation is 2. The summed E-state index contributed by atoms with van der Waals surface area (Å²) in [5.74, 6) is 0.287. The van der Waals surface area contributed by atoms with Crippen molar-refractivity contribution in [2.24, 2.45) is 14.1 Å². The maximum atomic E-state index is 14.2. The van der Waals surface area contributed by atoms with Crippen LogP contribution in [0.15, 0.2) is 49.2 Å². The van der Waals surface area contributed by atoms with E-state index in [1.54, 1.807) is 35.0 Å². The van der Waals surface area contributed by atoms with Crippen LogP contribution in [0.4, 0.5) is 21.8 Å². The van der Waals surface area contributed by atoms with Crippen LogP contribution in [0.25, 0.3) is 11.1 Å². The van der Waals surface area contributed by atoms with E-state index in [0.29, 0.717) is 34.0 Å². The van der Waals surface area contributed by atoms with Crippen molar-refractivity contribution in [3.63, 3.8) is 0 Å². The second kappa shape index (κ2) is 8.11. The van der Waals surface area contributed by atoms with Gasteiger partial charge >= 0.3 is 0 Å². The van der Waals surface area contributed by atoms with Gasteiger partial charge < -0.3 is 10.6 Å². The van der Waals surface area contributed by atoms with Crippen molar-refractivity contribution in [3.05, 3.63) is 78.6 Å². The van der Waals surface area contributed by atoms with Gasteiger partial charge in [-0.1, -0.05) is 11.6 Å². The lowest BCUT2D eigenvalue weighted by Crippen LogP contribution is -2.11. The van der Waals surface area contributed by atoms with E-state index in [9.17, 15) is 4.39 Å². The molecule has 0 aliphatic heterocycles. The molecule has 0 unspecified atom stereocenters. The largest absolute Gasteiger partial charge is 0.356 e. The molecule has 10 heteroatoms. The molecule has 0 atom stereocenters. The lowest BCUT2D eigenvalue weighted by molar-refractivity contribution is 0.627. The van der Waals surface area contributed by atoms with Crippen molar-refractivity contribution in [2.45, 2.75) is 0 Å². The van der Waals surface area contributed by atoms with E-state index in [0.717, 1.165) is 11.3 Å². The molecule has 0 aliphatic carbocycles. The van der Waals surface area contributed by atoms with E-state index in [2.05, 4.69) is 37.7 Å². The molecule has 4 aromatic rings. The highest BCUT2D eigenvalue weighted by Crippen LogP contribution is 2.28. The summed E-state index contributed by atoms with van der Waals surface area (Å²) >= 11 is 6.24. The highest BCUT2D eigenvalue weighted by Gasteiger charge is 2.15. The lowest BCUT2D eigenvalue weighted by atomic mass is 10.0. The fourth-order valence-electron chi connectivity index (χ4n) is 2.85. The molecule has 30 heavy (non-hydrogen) atoms. The molecule has 0 aliphatic rings. The molecule has 8 nitrogen and oxygen atoms in total. The number of hydrogen-bond acceptors (Lipinski definition) is 6. The van der Waals surface area contributed by atoms with Crippen LogP contribution in [0.3, 0.4) is 0 Å². The van der Waals surface area contributed by atoms with Crippen molar-refractivity contribution in [3.8, 4) is 11.1 Å². The van der Waals surface area contributed by atoms with Crippen molar-refractivity contribution >= 4 is 29.1 Å². The van der Waals surface area contributed by atoms with Crippen LogP contribution in [0.2, 0.25) is 5.02 Å². The zero-order chi connectivity index (χ0) is 21.3. The first-order valence-electron chi connectivity index (χ1n) is 8.91. The number of rotatable bonds is 6. The number of anilines is 3. The monoisotopic (exact) mass is 424 g/mol. The smallest absolute Gasteiger partial charge is 0.229 e. The number of nitrogens with one attached hydrogen (secondary N) is 2. The average Bonchev–Trinajstić information content (AvgIpc) is 3.32. The molecule has 0 spiro atoms. The van der Waals surface area contributed by atoms with Crippen molar-refractivity contribution in [2.75, 3.05) is 10.6 Å². The second-order valence-corrected chi connectivity index (χ2v) is 7.06.